The second kappa shape index (κ2) is 9.30. The number of hydrogen-bond donors (Lipinski definition) is 0. The Morgan fingerprint density at radius 2 is 1.02 bits per heavy atom. The first-order chi connectivity index (χ1) is 21.6. The van der Waals surface area contributed by atoms with Crippen LogP contribution in [0.4, 0.5) is 17.1 Å². The lowest BCUT2D eigenvalue weighted by molar-refractivity contribution is 0.660. The molecule has 8 aromatic rings. The molecular formula is C43H31N. The van der Waals surface area contributed by atoms with Crippen LogP contribution in [-0.2, 0) is 5.41 Å². The largest absolute Gasteiger partial charge is 0.310 e. The predicted octanol–water partition coefficient (Wildman–Crippen LogP) is 12.1. The molecule has 1 aliphatic carbocycles. The van der Waals surface area contributed by atoms with Crippen LogP contribution in [0.5, 0.6) is 0 Å². The minimum Gasteiger partial charge on any atom is -0.310 e. The van der Waals surface area contributed by atoms with Gasteiger partial charge in [0.1, 0.15) is 0 Å². The van der Waals surface area contributed by atoms with E-state index in [1.807, 2.05) is 0 Å². The molecule has 208 valence electrons. The third-order valence-corrected chi connectivity index (χ3v) is 9.79. The molecular weight excluding hydrogens is 530 g/mol. The number of nitrogens with zero attached hydrogens (tertiary/aromatic N) is 1. The summed E-state index contributed by atoms with van der Waals surface area (Å²) in [6.45, 7) is 4.72. The second-order valence-corrected chi connectivity index (χ2v) is 12.6. The van der Waals surface area contributed by atoms with Crippen molar-refractivity contribution in [3.05, 3.63) is 163 Å². The summed E-state index contributed by atoms with van der Waals surface area (Å²) in [5, 5.41) is 10.2. The molecule has 44 heavy (non-hydrogen) atoms. The van der Waals surface area contributed by atoms with Crippen molar-refractivity contribution >= 4 is 60.2 Å². The molecule has 1 nitrogen and oxygen atoms in total. The summed E-state index contributed by atoms with van der Waals surface area (Å²) in [5.41, 5.74) is 8.88. The van der Waals surface area contributed by atoms with Gasteiger partial charge in [0, 0.05) is 22.2 Å². The molecule has 8 aromatic carbocycles. The van der Waals surface area contributed by atoms with E-state index in [1.54, 1.807) is 0 Å². The SMILES string of the molecule is CC1(C)c2ccccc2-c2ccc(N(c3ccccc3)c3cc4ccc5ccccc5c4c4ccc5ccccc5c34)cc21. The van der Waals surface area contributed by atoms with Gasteiger partial charge in [-0.3, -0.25) is 0 Å². The van der Waals surface area contributed by atoms with E-state index >= 15 is 0 Å². The van der Waals surface area contributed by atoms with Gasteiger partial charge >= 0.3 is 0 Å². The third kappa shape index (κ3) is 3.53. The van der Waals surface area contributed by atoms with Crippen molar-refractivity contribution in [3.8, 4) is 11.1 Å². The number of para-hydroxylation sites is 1. The van der Waals surface area contributed by atoms with Crippen LogP contribution in [0.3, 0.4) is 0 Å². The third-order valence-electron chi connectivity index (χ3n) is 9.79. The van der Waals surface area contributed by atoms with Crippen LogP contribution < -0.4 is 4.90 Å². The molecule has 0 bridgehead atoms. The molecule has 0 radical (unpaired) electrons. The van der Waals surface area contributed by atoms with E-state index in [0.29, 0.717) is 0 Å². The van der Waals surface area contributed by atoms with Crippen molar-refractivity contribution in [2.24, 2.45) is 0 Å². The Bertz CT molecular complexity index is 2420. The Morgan fingerprint density at radius 3 is 1.82 bits per heavy atom. The first-order valence-corrected chi connectivity index (χ1v) is 15.5. The molecule has 1 heteroatoms. The summed E-state index contributed by atoms with van der Waals surface area (Å²) < 4.78 is 0. The van der Waals surface area contributed by atoms with E-state index in [9.17, 15) is 0 Å². The lowest BCUT2D eigenvalue weighted by Gasteiger charge is -2.30. The lowest BCUT2D eigenvalue weighted by atomic mass is 9.82. The molecule has 0 saturated heterocycles. The molecule has 9 rings (SSSR count). The molecule has 0 saturated carbocycles. The average Bonchev–Trinajstić information content (AvgIpc) is 3.30. The first-order valence-electron chi connectivity index (χ1n) is 15.5. The van der Waals surface area contributed by atoms with Gasteiger partial charge in [-0.15, -0.1) is 0 Å². The molecule has 0 aromatic heterocycles. The van der Waals surface area contributed by atoms with Crippen molar-refractivity contribution in [3.63, 3.8) is 0 Å². The van der Waals surface area contributed by atoms with Gasteiger partial charge in [-0.2, -0.15) is 0 Å². The smallest absolute Gasteiger partial charge is 0.0552 e. The fourth-order valence-corrected chi connectivity index (χ4v) is 7.70. The van der Waals surface area contributed by atoms with Gasteiger partial charge in [0.05, 0.1) is 5.69 Å². The van der Waals surface area contributed by atoms with E-state index in [-0.39, 0.29) is 5.41 Å². The van der Waals surface area contributed by atoms with Gasteiger partial charge in [-0.05, 0) is 90.3 Å². The van der Waals surface area contributed by atoms with Gasteiger partial charge in [-0.1, -0.05) is 135 Å². The Kier molecular flexibility index (Phi) is 5.31. The van der Waals surface area contributed by atoms with Crippen molar-refractivity contribution < 1.29 is 0 Å². The van der Waals surface area contributed by atoms with E-state index in [4.69, 9.17) is 0 Å². The van der Waals surface area contributed by atoms with Crippen molar-refractivity contribution in [2.75, 3.05) is 4.90 Å². The Hall–Kier alpha value is -5.40. The maximum absolute atomic E-state index is 2.47. The van der Waals surface area contributed by atoms with Crippen LogP contribution in [0.1, 0.15) is 25.0 Å². The van der Waals surface area contributed by atoms with Gasteiger partial charge in [0.15, 0.2) is 0 Å². The van der Waals surface area contributed by atoms with Gasteiger partial charge in [0.25, 0.3) is 0 Å². The zero-order valence-corrected chi connectivity index (χ0v) is 24.9. The molecule has 0 fully saturated rings. The van der Waals surface area contributed by atoms with E-state index in [2.05, 4.69) is 170 Å². The molecule has 0 atom stereocenters. The molecule has 0 aliphatic heterocycles. The molecule has 0 unspecified atom stereocenters. The standard InChI is InChI=1S/C43H31N/c1-43(2)38-19-11-10-18-35(38)36-25-23-32(27-39(36)43)44(31-14-4-3-5-15-31)40-26-30-21-20-28-12-6-8-16-33(28)41(30)37-24-22-29-13-7-9-17-34(29)42(37)40/h3-27H,1-2H3. The van der Waals surface area contributed by atoms with Gasteiger partial charge in [-0.25, -0.2) is 0 Å². The van der Waals surface area contributed by atoms with Crippen molar-refractivity contribution in [2.45, 2.75) is 19.3 Å². The topological polar surface area (TPSA) is 3.24 Å². The normalized spacial score (nSPS) is 13.4. The molecule has 0 heterocycles. The Morgan fingerprint density at radius 1 is 0.409 bits per heavy atom. The number of fused-ring (bicyclic) bond motifs is 10. The molecule has 0 N–H and O–H groups in total. The highest BCUT2D eigenvalue weighted by Gasteiger charge is 2.35. The quantitative estimate of drug-likeness (QED) is 0.194. The van der Waals surface area contributed by atoms with E-state index in [0.717, 1.165) is 5.69 Å². The molecule has 1 aliphatic rings. The molecule has 0 amide bonds. The zero-order valence-electron chi connectivity index (χ0n) is 24.9. The maximum atomic E-state index is 2.47. The maximum Gasteiger partial charge on any atom is 0.0552 e. The average molecular weight is 562 g/mol. The number of benzene rings is 8. The predicted molar refractivity (Wildman–Crippen MR) is 189 cm³/mol. The summed E-state index contributed by atoms with van der Waals surface area (Å²) in [7, 11) is 0. The van der Waals surface area contributed by atoms with Crippen LogP contribution in [0.15, 0.2) is 152 Å². The minimum absolute atomic E-state index is 0.0820. The number of anilines is 3. The van der Waals surface area contributed by atoms with Crippen LogP contribution in [0, 0.1) is 0 Å². The summed E-state index contributed by atoms with van der Waals surface area (Å²) >= 11 is 0. The summed E-state index contributed by atoms with van der Waals surface area (Å²) in [5.74, 6) is 0. The van der Waals surface area contributed by atoms with Crippen molar-refractivity contribution in [1.82, 2.24) is 0 Å². The fourth-order valence-electron chi connectivity index (χ4n) is 7.70. The summed E-state index contributed by atoms with van der Waals surface area (Å²) in [6, 6.07) is 56.0. The summed E-state index contributed by atoms with van der Waals surface area (Å²) in [6.07, 6.45) is 0. The van der Waals surface area contributed by atoms with Crippen LogP contribution >= 0.6 is 0 Å². The highest BCUT2D eigenvalue weighted by atomic mass is 15.1. The van der Waals surface area contributed by atoms with Crippen LogP contribution in [-0.4, -0.2) is 0 Å². The fraction of sp³-hybridized carbons (Fsp3) is 0.0698. The van der Waals surface area contributed by atoms with Crippen molar-refractivity contribution in [1.29, 1.82) is 0 Å². The first kappa shape index (κ1) is 25.1. The molecule has 0 spiro atoms. The lowest BCUT2D eigenvalue weighted by Crippen LogP contribution is -2.16. The minimum atomic E-state index is -0.0820. The van der Waals surface area contributed by atoms with Crippen LogP contribution in [0.25, 0.3) is 54.2 Å². The summed E-state index contributed by atoms with van der Waals surface area (Å²) in [4.78, 5) is 2.47. The van der Waals surface area contributed by atoms with Crippen LogP contribution in [0.2, 0.25) is 0 Å². The Labute approximate surface area is 257 Å². The number of rotatable bonds is 3. The zero-order chi connectivity index (χ0) is 29.4. The monoisotopic (exact) mass is 561 g/mol. The number of hydrogen-bond acceptors (Lipinski definition) is 1. The highest BCUT2D eigenvalue weighted by molar-refractivity contribution is 6.29. The van der Waals surface area contributed by atoms with E-state index < -0.39 is 0 Å². The van der Waals surface area contributed by atoms with Gasteiger partial charge in [0.2, 0.25) is 0 Å². The van der Waals surface area contributed by atoms with E-state index in [1.165, 1.54) is 76.7 Å². The van der Waals surface area contributed by atoms with Gasteiger partial charge < -0.3 is 4.90 Å². The highest BCUT2D eigenvalue weighted by Crippen LogP contribution is 2.52. The Balaban J connectivity index is 1.41. The second-order valence-electron chi connectivity index (χ2n) is 12.6.